The molecule has 1 atom stereocenters. The van der Waals surface area contributed by atoms with Crippen molar-refractivity contribution in [1.29, 1.82) is 0 Å². The molecule has 2 amide bonds. The van der Waals surface area contributed by atoms with Gasteiger partial charge in [0.15, 0.2) is 0 Å². The molecular weight excluding hydrogens is 407 g/mol. The number of amides is 2. The van der Waals surface area contributed by atoms with Crippen LogP contribution in [0.1, 0.15) is 0 Å². The van der Waals surface area contributed by atoms with Crippen LogP contribution in [0.5, 0.6) is 0 Å². The Hall–Kier alpha value is -2.35. The first-order valence-corrected chi connectivity index (χ1v) is 10.6. The predicted molar refractivity (Wildman–Crippen MR) is 117 cm³/mol. The largest absolute Gasteiger partial charge is 0.373 e. The molecule has 0 saturated carbocycles. The molecule has 0 unspecified atom stereocenters. The summed E-state index contributed by atoms with van der Waals surface area (Å²) < 4.78 is 19.0. The lowest BCUT2D eigenvalue weighted by Crippen LogP contribution is -2.54. The van der Waals surface area contributed by atoms with Gasteiger partial charge in [0, 0.05) is 62.2 Å². The van der Waals surface area contributed by atoms with E-state index in [0.29, 0.717) is 30.4 Å². The second-order valence-electron chi connectivity index (χ2n) is 7.64. The van der Waals surface area contributed by atoms with E-state index in [4.69, 9.17) is 16.3 Å². The van der Waals surface area contributed by atoms with Gasteiger partial charge in [-0.25, -0.2) is 9.18 Å². The molecule has 8 heteroatoms. The van der Waals surface area contributed by atoms with Crippen molar-refractivity contribution in [1.82, 2.24) is 9.80 Å². The summed E-state index contributed by atoms with van der Waals surface area (Å²) in [7, 11) is 0. The van der Waals surface area contributed by atoms with Crippen molar-refractivity contribution >= 4 is 29.0 Å². The highest BCUT2D eigenvalue weighted by molar-refractivity contribution is 6.30. The Bertz CT molecular complexity index is 858. The van der Waals surface area contributed by atoms with Gasteiger partial charge in [-0.3, -0.25) is 4.90 Å². The number of halogens is 2. The van der Waals surface area contributed by atoms with E-state index in [0.717, 1.165) is 38.4 Å². The fraction of sp³-hybridized carbons (Fsp3) is 0.409. The van der Waals surface area contributed by atoms with E-state index >= 15 is 0 Å². The summed E-state index contributed by atoms with van der Waals surface area (Å²) in [4.78, 5) is 19.0. The molecule has 0 spiro atoms. The summed E-state index contributed by atoms with van der Waals surface area (Å²) in [5.74, 6) is -0.212. The zero-order chi connectivity index (χ0) is 20.9. The molecule has 2 saturated heterocycles. The van der Waals surface area contributed by atoms with Gasteiger partial charge in [-0.15, -0.1) is 0 Å². The SMILES string of the molecule is O=C(Nc1cccc(Cl)c1)N1CCO[C@H](CN2CCN(c3ccc(F)cc3)CC2)C1. The van der Waals surface area contributed by atoms with Gasteiger partial charge in [0.05, 0.1) is 12.7 Å². The molecule has 2 heterocycles. The molecule has 0 bridgehead atoms. The lowest BCUT2D eigenvalue weighted by atomic mass is 10.2. The van der Waals surface area contributed by atoms with Crippen molar-refractivity contribution in [2.45, 2.75) is 6.10 Å². The quantitative estimate of drug-likeness (QED) is 0.802. The van der Waals surface area contributed by atoms with Crippen LogP contribution in [0.25, 0.3) is 0 Å². The van der Waals surface area contributed by atoms with E-state index in [1.54, 1.807) is 17.0 Å². The summed E-state index contributed by atoms with van der Waals surface area (Å²) in [5, 5.41) is 3.49. The normalized spacial score (nSPS) is 20.3. The summed E-state index contributed by atoms with van der Waals surface area (Å²) in [6.45, 7) is 6.04. The molecule has 4 rings (SSSR count). The first-order valence-electron chi connectivity index (χ1n) is 10.2. The van der Waals surface area contributed by atoms with Crippen LogP contribution in [0, 0.1) is 5.82 Å². The Morgan fingerprint density at radius 3 is 2.60 bits per heavy atom. The molecule has 0 radical (unpaired) electrons. The molecule has 2 aliphatic rings. The van der Waals surface area contributed by atoms with Crippen molar-refractivity contribution in [3.8, 4) is 0 Å². The highest BCUT2D eigenvalue weighted by Crippen LogP contribution is 2.19. The third-order valence-electron chi connectivity index (χ3n) is 5.53. The summed E-state index contributed by atoms with van der Waals surface area (Å²) in [5.41, 5.74) is 1.74. The topological polar surface area (TPSA) is 48.1 Å². The molecule has 2 fully saturated rings. The summed E-state index contributed by atoms with van der Waals surface area (Å²) >= 11 is 5.99. The van der Waals surface area contributed by atoms with Crippen LogP contribution in [-0.2, 0) is 4.74 Å². The number of carbonyl (C=O) groups is 1. The molecule has 0 aromatic heterocycles. The van der Waals surface area contributed by atoms with E-state index in [-0.39, 0.29) is 18.0 Å². The molecule has 2 aromatic rings. The average Bonchev–Trinajstić information content (AvgIpc) is 2.75. The molecule has 1 N–H and O–H groups in total. The number of morpholine rings is 1. The Balaban J connectivity index is 1.25. The summed E-state index contributed by atoms with van der Waals surface area (Å²) in [6, 6.07) is 13.7. The fourth-order valence-corrected chi connectivity index (χ4v) is 4.10. The number of rotatable bonds is 4. The minimum atomic E-state index is -0.212. The van der Waals surface area contributed by atoms with Crippen LogP contribution >= 0.6 is 11.6 Å². The maximum Gasteiger partial charge on any atom is 0.322 e. The highest BCUT2D eigenvalue weighted by atomic mass is 35.5. The number of nitrogens with one attached hydrogen (secondary N) is 1. The number of anilines is 2. The van der Waals surface area contributed by atoms with E-state index in [1.165, 1.54) is 12.1 Å². The Morgan fingerprint density at radius 1 is 1.10 bits per heavy atom. The van der Waals surface area contributed by atoms with E-state index in [1.807, 2.05) is 24.3 Å². The van der Waals surface area contributed by atoms with Gasteiger partial charge in [0.25, 0.3) is 0 Å². The van der Waals surface area contributed by atoms with Crippen molar-refractivity contribution in [2.24, 2.45) is 0 Å². The smallest absolute Gasteiger partial charge is 0.322 e. The molecule has 6 nitrogen and oxygen atoms in total. The second-order valence-corrected chi connectivity index (χ2v) is 8.08. The Kier molecular flexibility index (Phi) is 6.72. The number of piperazine rings is 1. The minimum absolute atomic E-state index is 0.0127. The number of nitrogens with zero attached hydrogens (tertiary/aromatic N) is 3. The number of ether oxygens (including phenoxy) is 1. The lowest BCUT2D eigenvalue weighted by molar-refractivity contribution is -0.0295. The standard InChI is InChI=1S/C22H26ClFN4O2/c23-17-2-1-3-19(14-17)25-22(29)28-12-13-30-21(16-28)15-26-8-10-27(11-9-26)20-6-4-18(24)5-7-20/h1-7,14,21H,8-13,15-16H2,(H,25,29)/t21-/m1/s1. The summed E-state index contributed by atoms with van der Waals surface area (Å²) in [6.07, 6.45) is -0.0127. The zero-order valence-corrected chi connectivity index (χ0v) is 17.5. The lowest BCUT2D eigenvalue weighted by Gasteiger charge is -2.39. The molecule has 2 aromatic carbocycles. The predicted octanol–water partition coefficient (Wildman–Crippen LogP) is 3.53. The van der Waals surface area contributed by atoms with Gasteiger partial charge < -0.3 is 19.9 Å². The third kappa shape index (κ3) is 5.41. The minimum Gasteiger partial charge on any atom is -0.373 e. The van der Waals surface area contributed by atoms with Crippen molar-refractivity contribution < 1.29 is 13.9 Å². The van der Waals surface area contributed by atoms with Crippen LogP contribution in [0.4, 0.5) is 20.6 Å². The number of urea groups is 1. The monoisotopic (exact) mass is 432 g/mol. The second kappa shape index (κ2) is 9.64. The molecule has 0 aliphatic carbocycles. The molecule has 2 aliphatic heterocycles. The average molecular weight is 433 g/mol. The van der Waals surface area contributed by atoms with Gasteiger partial charge in [0.1, 0.15) is 5.82 Å². The number of carbonyl (C=O) groups excluding carboxylic acids is 1. The first kappa shape index (κ1) is 20.9. The van der Waals surface area contributed by atoms with E-state index in [9.17, 15) is 9.18 Å². The van der Waals surface area contributed by atoms with Gasteiger partial charge in [-0.2, -0.15) is 0 Å². The van der Waals surface area contributed by atoms with Crippen LogP contribution in [0.2, 0.25) is 5.02 Å². The van der Waals surface area contributed by atoms with Gasteiger partial charge in [-0.05, 0) is 42.5 Å². The molecule has 30 heavy (non-hydrogen) atoms. The van der Waals surface area contributed by atoms with Crippen LogP contribution < -0.4 is 10.2 Å². The van der Waals surface area contributed by atoms with E-state index < -0.39 is 0 Å². The number of hydrogen-bond donors (Lipinski definition) is 1. The van der Waals surface area contributed by atoms with Crippen LogP contribution in [-0.4, -0.2) is 74.4 Å². The highest BCUT2D eigenvalue weighted by Gasteiger charge is 2.27. The maximum atomic E-state index is 13.1. The van der Waals surface area contributed by atoms with Crippen LogP contribution in [0.3, 0.4) is 0 Å². The van der Waals surface area contributed by atoms with Gasteiger partial charge in [0.2, 0.25) is 0 Å². The Morgan fingerprint density at radius 2 is 1.87 bits per heavy atom. The van der Waals surface area contributed by atoms with E-state index in [2.05, 4.69) is 15.1 Å². The number of hydrogen-bond acceptors (Lipinski definition) is 4. The van der Waals surface area contributed by atoms with Gasteiger partial charge >= 0.3 is 6.03 Å². The van der Waals surface area contributed by atoms with Crippen LogP contribution in [0.15, 0.2) is 48.5 Å². The first-order chi connectivity index (χ1) is 14.6. The fourth-order valence-electron chi connectivity index (χ4n) is 3.91. The molecular formula is C22H26ClFN4O2. The van der Waals surface area contributed by atoms with Crippen molar-refractivity contribution in [3.05, 3.63) is 59.4 Å². The maximum absolute atomic E-state index is 13.1. The van der Waals surface area contributed by atoms with Gasteiger partial charge in [-0.1, -0.05) is 17.7 Å². The number of benzene rings is 2. The zero-order valence-electron chi connectivity index (χ0n) is 16.8. The Labute approximate surface area is 181 Å². The van der Waals surface area contributed by atoms with Crippen molar-refractivity contribution in [2.75, 3.05) is 62.6 Å². The third-order valence-corrected chi connectivity index (χ3v) is 5.76. The molecule has 160 valence electrons. The van der Waals surface area contributed by atoms with Crippen molar-refractivity contribution in [3.63, 3.8) is 0 Å².